The Morgan fingerprint density at radius 3 is 2.38 bits per heavy atom. The standard InChI is InChI=1S/C15H24N4O2/c1-3-19(11-15(21)17-2)9-8-14(20)18-13-6-4-12(10-16)5-7-13/h4-7H,3,8-11,16H2,1-2H3,(H,17,21)(H,18,20). The summed E-state index contributed by atoms with van der Waals surface area (Å²) in [5, 5.41) is 5.41. The van der Waals surface area contributed by atoms with E-state index in [-0.39, 0.29) is 11.8 Å². The molecule has 21 heavy (non-hydrogen) atoms. The van der Waals surface area contributed by atoms with Crippen LogP contribution in [-0.4, -0.2) is 43.4 Å². The van der Waals surface area contributed by atoms with Crippen LogP contribution < -0.4 is 16.4 Å². The van der Waals surface area contributed by atoms with Crippen molar-refractivity contribution >= 4 is 17.5 Å². The van der Waals surface area contributed by atoms with Crippen molar-refractivity contribution in [2.24, 2.45) is 5.73 Å². The lowest BCUT2D eigenvalue weighted by atomic mass is 10.2. The lowest BCUT2D eigenvalue weighted by Crippen LogP contribution is -2.37. The van der Waals surface area contributed by atoms with Gasteiger partial charge in [-0.3, -0.25) is 14.5 Å². The zero-order valence-corrected chi connectivity index (χ0v) is 12.7. The van der Waals surface area contributed by atoms with Gasteiger partial charge in [-0.1, -0.05) is 19.1 Å². The van der Waals surface area contributed by atoms with Crippen LogP contribution in [0.15, 0.2) is 24.3 Å². The first-order chi connectivity index (χ1) is 10.1. The molecule has 1 rings (SSSR count). The molecule has 0 radical (unpaired) electrons. The monoisotopic (exact) mass is 292 g/mol. The van der Waals surface area contributed by atoms with E-state index in [1.54, 1.807) is 7.05 Å². The van der Waals surface area contributed by atoms with Gasteiger partial charge in [0.2, 0.25) is 11.8 Å². The normalized spacial score (nSPS) is 10.5. The molecule has 0 aromatic heterocycles. The maximum Gasteiger partial charge on any atom is 0.233 e. The van der Waals surface area contributed by atoms with E-state index in [0.29, 0.717) is 26.1 Å². The topological polar surface area (TPSA) is 87.5 Å². The SMILES string of the molecule is CCN(CCC(=O)Nc1ccc(CN)cc1)CC(=O)NC. The third kappa shape index (κ3) is 6.37. The minimum absolute atomic E-state index is 0.0466. The number of carbonyl (C=O) groups excluding carboxylic acids is 2. The molecule has 0 unspecified atom stereocenters. The fraction of sp³-hybridized carbons (Fsp3) is 0.467. The number of nitrogens with one attached hydrogen (secondary N) is 2. The van der Waals surface area contributed by atoms with Crippen LogP contribution in [0.3, 0.4) is 0 Å². The van der Waals surface area contributed by atoms with Gasteiger partial charge >= 0.3 is 0 Å². The van der Waals surface area contributed by atoms with Gasteiger partial charge in [-0.05, 0) is 24.2 Å². The van der Waals surface area contributed by atoms with Crippen LogP contribution in [0.4, 0.5) is 5.69 Å². The Labute approximate surface area is 125 Å². The molecule has 2 amide bonds. The molecule has 0 heterocycles. The molecule has 4 N–H and O–H groups in total. The summed E-state index contributed by atoms with van der Waals surface area (Å²) in [6.07, 6.45) is 0.351. The number of nitrogens with zero attached hydrogens (tertiary/aromatic N) is 1. The number of benzene rings is 1. The molecule has 0 aliphatic carbocycles. The van der Waals surface area contributed by atoms with Crippen LogP contribution in [0.25, 0.3) is 0 Å². The Morgan fingerprint density at radius 1 is 1.19 bits per heavy atom. The Kier molecular flexibility index (Phi) is 7.42. The molecule has 1 aromatic carbocycles. The number of anilines is 1. The van der Waals surface area contributed by atoms with E-state index >= 15 is 0 Å². The first-order valence-corrected chi connectivity index (χ1v) is 7.10. The van der Waals surface area contributed by atoms with Crippen molar-refractivity contribution in [2.75, 3.05) is 32.0 Å². The van der Waals surface area contributed by atoms with E-state index in [1.807, 2.05) is 36.1 Å². The zero-order valence-electron chi connectivity index (χ0n) is 12.7. The van der Waals surface area contributed by atoms with Gasteiger partial charge in [0.1, 0.15) is 0 Å². The average molecular weight is 292 g/mol. The van der Waals surface area contributed by atoms with E-state index in [1.165, 1.54) is 0 Å². The first kappa shape index (κ1) is 17.1. The van der Waals surface area contributed by atoms with Crippen molar-refractivity contribution < 1.29 is 9.59 Å². The maximum absolute atomic E-state index is 11.9. The average Bonchev–Trinajstić information content (AvgIpc) is 2.51. The number of hydrogen-bond donors (Lipinski definition) is 3. The van der Waals surface area contributed by atoms with Gasteiger partial charge in [-0.2, -0.15) is 0 Å². The van der Waals surface area contributed by atoms with Crippen molar-refractivity contribution in [1.82, 2.24) is 10.2 Å². The third-order valence-corrected chi connectivity index (χ3v) is 3.22. The fourth-order valence-electron chi connectivity index (χ4n) is 1.84. The summed E-state index contributed by atoms with van der Waals surface area (Å²) in [4.78, 5) is 25.1. The highest BCUT2D eigenvalue weighted by molar-refractivity contribution is 5.90. The molecule has 1 aromatic rings. The van der Waals surface area contributed by atoms with Crippen molar-refractivity contribution in [3.8, 4) is 0 Å². The first-order valence-electron chi connectivity index (χ1n) is 7.10. The number of amides is 2. The molecule has 6 nitrogen and oxygen atoms in total. The smallest absolute Gasteiger partial charge is 0.233 e. The number of rotatable bonds is 8. The van der Waals surface area contributed by atoms with Gasteiger partial charge in [0.05, 0.1) is 6.54 Å². The number of likely N-dealkylation sites (N-methyl/N-ethyl adjacent to an activating group) is 2. The molecule has 0 saturated heterocycles. The molecule has 0 saturated carbocycles. The Hall–Kier alpha value is -1.92. The molecular weight excluding hydrogens is 268 g/mol. The van der Waals surface area contributed by atoms with Crippen LogP contribution in [0.1, 0.15) is 18.9 Å². The van der Waals surface area contributed by atoms with Gasteiger partial charge in [0.15, 0.2) is 0 Å². The molecule has 0 aliphatic rings. The largest absolute Gasteiger partial charge is 0.358 e. The lowest BCUT2D eigenvalue weighted by molar-refractivity contribution is -0.122. The fourth-order valence-corrected chi connectivity index (χ4v) is 1.84. The van der Waals surface area contributed by atoms with Crippen molar-refractivity contribution in [3.63, 3.8) is 0 Å². The quantitative estimate of drug-likeness (QED) is 0.652. The highest BCUT2D eigenvalue weighted by atomic mass is 16.2. The van der Waals surface area contributed by atoms with Crippen LogP contribution in [-0.2, 0) is 16.1 Å². The van der Waals surface area contributed by atoms with Crippen molar-refractivity contribution in [3.05, 3.63) is 29.8 Å². The molecule has 116 valence electrons. The Bertz CT molecular complexity index is 459. The highest BCUT2D eigenvalue weighted by Crippen LogP contribution is 2.09. The molecule has 0 aliphatic heterocycles. The second-order valence-corrected chi connectivity index (χ2v) is 4.74. The minimum Gasteiger partial charge on any atom is -0.358 e. The third-order valence-electron chi connectivity index (χ3n) is 3.22. The molecule has 0 fully saturated rings. The van der Waals surface area contributed by atoms with Gasteiger partial charge in [0, 0.05) is 32.2 Å². The minimum atomic E-state index is -0.0640. The second kappa shape index (κ2) is 9.10. The van der Waals surface area contributed by atoms with Crippen LogP contribution in [0, 0.1) is 0 Å². The van der Waals surface area contributed by atoms with Crippen molar-refractivity contribution in [1.29, 1.82) is 0 Å². The van der Waals surface area contributed by atoms with E-state index in [2.05, 4.69) is 10.6 Å². The van der Waals surface area contributed by atoms with Gasteiger partial charge < -0.3 is 16.4 Å². The molecule has 6 heteroatoms. The summed E-state index contributed by atoms with van der Waals surface area (Å²) in [5.74, 6) is -0.111. The van der Waals surface area contributed by atoms with Crippen LogP contribution in [0.2, 0.25) is 0 Å². The second-order valence-electron chi connectivity index (χ2n) is 4.74. The van der Waals surface area contributed by atoms with Crippen molar-refractivity contribution in [2.45, 2.75) is 19.9 Å². The summed E-state index contributed by atoms with van der Waals surface area (Å²) < 4.78 is 0. The van der Waals surface area contributed by atoms with Crippen LogP contribution in [0.5, 0.6) is 0 Å². The molecule has 0 bridgehead atoms. The van der Waals surface area contributed by atoms with Gasteiger partial charge in [-0.15, -0.1) is 0 Å². The summed E-state index contributed by atoms with van der Waals surface area (Å²) in [5.41, 5.74) is 7.30. The zero-order chi connectivity index (χ0) is 15.7. The number of nitrogens with two attached hydrogens (primary N) is 1. The van der Waals surface area contributed by atoms with E-state index in [9.17, 15) is 9.59 Å². The Balaban J connectivity index is 2.39. The summed E-state index contributed by atoms with van der Waals surface area (Å²) in [6.45, 7) is 4.04. The lowest BCUT2D eigenvalue weighted by Gasteiger charge is -2.18. The highest BCUT2D eigenvalue weighted by Gasteiger charge is 2.10. The predicted molar refractivity (Wildman–Crippen MR) is 83.8 cm³/mol. The predicted octanol–water partition coefficient (Wildman–Crippen LogP) is 0.542. The Morgan fingerprint density at radius 2 is 1.86 bits per heavy atom. The summed E-state index contributed by atoms with van der Waals surface area (Å²) in [6, 6.07) is 7.45. The number of carbonyl (C=O) groups is 2. The van der Waals surface area contributed by atoms with Gasteiger partial charge in [-0.25, -0.2) is 0 Å². The van der Waals surface area contributed by atoms with E-state index < -0.39 is 0 Å². The molecular formula is C15H24N4O2. The van der Waals surface area contributed by atoms with E-state index in [4.69, 9.17) is 5.73 Å². The number of hydrogen-bond acceptors (Lipinski definition) is 4. The molecule has 0 atom stereocenters. The summed E-state index contributed by atoms with van der Waals surface area (Å²) in [7, 11) is 1.61. The summed E-state index contributed by atoms with van der Waals surface area (Å²) >= 11 is 0. The molecule has 0 spiro atoms. The maximum atomic E-state index is 11.9. The van der Waals surface area contributed by atoms with E-state index in [0.717, 1.165) is 17.8 Å². The van der Waals surface area contributed by atoms with Crippen LogP contribution >= 0.6 is 0 Å². The van der Waals surface area contributed by atoms with Gasteiger partial charge in [0.25, 0.3) is 0 Å².